The highest BCUT2D eigenvalue weighted by Crippen LogP contribution is 2.36. The lowest BCUT2D eigenvalue weighted by molar-refractivity contribution is 0.0288. The molecule has 0 bridgehead atoms. The molecule has 1 fully saturated rings. The number of rotatable bonds is 6. The van der Waals surface area contributed by atoms with Crippen LogP contribution in [-0.4, -0.2) is 58.4 Å². The molecular formula is C28H28F2N2O7. The Hall–Kier alpha value is -4.41. The van der Waals surface area contributed by atoms with Crippen LogP contribution in [0.4, 0.5) is 13.6 Å². The van der Waals surface area contributed by atoms with E-state index in [1.807, 2.05) is 0 Å². The summed E-state index contributed by atoms with van der Waals surface area (Å²) in [5.41, 5.74) is -0.400. The van der Waals surface area contributed by atoms with Gasteiger partial charge in [-0.15, -0.1) is 0 Å². The maximum Gasteiger partial charge on any atom is 0.410 e. The second-order valence-corrected chi connectivity index (χ2v) is 10.0. The van der Waals surface area contributed by atoms with Crippen LogP contribution in [0, 0.1) is 11.6 Å². The van der Waals surface area contributed by atoms with Crippen molar-refractivity contribution in [1.82, 2.24) is 9.47 Å². The molecule has 39 heavy (non-hydrogen) atoms. The molecule has 1 aliphatic rings. The number of aromatic carboxylic acids is 1. The first kappa shape index (κ1) is 27.6. The molecular weight excluding hydrogens is 514 g/mol. The van der Waals surface area contributed by atoms with Gasteiger partial charge in [0.1, 0.15) is 22.6 Å². The number of carboxylic acid groups (broad SMARTS) is 1. The monoisotopic (exact) mass is 542 g/mol. The second kappa shape index (κ2) is 10.8. The molecule has 1 atom stereocenters. The van der Waals surface area contributed by atoms with Gasteiger partial charge in [-0.2, -0.15) is 0 Å². The molecule has 3 aromatic rings. The molecule has 0 radical (unpaired) electrons. The standard InChI is InChI=1S/C28H28F2N2O7/c1-28(2,3)39-27(36)31-13-12-17(14-31)32-15-19(22(26(35)37-4)23(32)25(33)34)16-8-10-18(11-9-16)38-24-20(29)6-5-7-21(24)30/h5-11,15,17H,12-14H2,1-4H3,(H,33,34)/t17-/m1/s1. The summed E-state index contributed by atoms with van der Waals surface area (Å²) in [6.07, 6.45) is 1.46. The van der Waals surface area contributed by atoms with Gasteiger partial charge in [0.2, 0.25) is 0 Å². The number of aromatic nitrogens is 1. The topological polar surface area (TPSA) is 107 Å². The molecule has 0 saturated carbocycles. The summed E-state index contributed by atoms with van der Waals surface area (Å²) < 4.78 is 45.1. The van der Waals surface area contributed by atoms with Crippen LogP contribution in [0.15, 0.2) is 48.7 Å². The minimum Gasteiger partial charge on any atom is -0.477 e. The first-order chi connectivity index (χ1) is 18.4. The minimum atomic E-state index is -1.34. The number of methoxy groups -OCH3 is 1. The molecule has 1 aliphatic heterocycles. The second-order valence-electron chi connectivity index (χ2n) is 10.0. The summed E-state index contributed by atoms with van der Waals surface area (Å²) in [5, 5.41) is 10.1. The van der Waals surface area contributed by atoms with Gasteiger partial charge in [0, 0.05) is 24.8 Å². The number of amides is 1. The highest BCUT2D eigenvalue weighted by molar-refractivity contribution is 6.07. The average molecular weight is 543 g/mol. The van der Waals surface area contributed by atoms with Gasteiger partial charge in [-0.05, 0) is 57.0 Å². The molecule has 1 saturated heterocycles. The number of carbonyl (C=O) groups excluding carboxylic acids is 2. The summed E-state index contributed by atoms with van der Waals surface area (Å²) in [6, 6.07) is 8.88. The van der Waals surface area contributed by atoms with Crippen LogP contribution < -0.4 is 4.74 Å². The molecule has 0 aliphatic carbocycles. The molecule has 11 heteroatoms. The zero-order valence-electron chi connectivity index (χ0n) is 21.9. The fraction of sp³-hybridized carbons (Fsp3) is 0.321. The summed E-state index contributed by atoms with van der Waals surface area (Å²) in [6.45, 7) is 5.80. The van der Waals surface area contributed by atoms with E-state index in [4.69, 9.17) is 14.2 Å². The first-order valence-corrected chi connectivity index (χ1v) is 12.2. The number of likely N-dealkylation sites (tertiary alicyclic amines) is 1. The van der Waals surface area contributed by atoms with E-state index in [0.29, 0.717) is 18.5 Å². The van der Waals surface area contributed by atoms with Crippen LogP contribution in [0.5, 0.6) is 11.5 Å². The summed E-state index contributed by atoms with van der Waals surface area (Å²) in [5.74, 6) is -4.36. The van der Waals surface area contributed by atoms with Crippen molar-refractivity contribution in [3.63, 3.8) is 0 Å². The lowest BCUT2D eigenvalue weighted by Gasteiger charge is -2.24. The van der Waals surface area contributed by atoms with E-state index in [2.05, 4.69) is 0 Å². The van der Waals surface area contributed by atoms with Gasteiger partial charge < -0.3 is 28.8 Å². The highest BCUT2D eigenvalue weighted by Gasteiger charge is 2.36. The van der Waals surface area contributed by atoms with Crippen LogP contribution in [0.2, 0.25) is 0 Å². The predicted octanol–water partition coefficient (Wildman–Crippen LogP) is 5.89. The van der Waals surface area contributed by atoms with Crippen molar-refractivity contribution in [3.8, 4) is 22.6 Å². The third kappa shape index (κ3) is 5.87. The molecule has 1 amide bonds. The number of ether oxygens (including phenoxy) is 3. The van der Waals surface area contributed by atoms with E-state index in [0.717, 1.165) is 19.2 Å². The Morgan fingerprint density at radius 3 is 2.23 bits per heavy atom. The van der Waals surface area contributed by atoms with E-state index in [1.54, 1.807) is 20.8 Å². The Kier molecular flexibility index (Phi) is 7.62. The molecule has 1 aromatic heterocycles. The SMILES string of the molecule is COC(=O)c1c(-c2ccc(Oc3c(F)cccc3F)cc2)cn([C@@H]2CCN(C(=O)OC(C)(C)C)C2)c1C(=O)O. The van der Waals surface area contributed by atoms with Crippen molar-refractivity contribution >= 4 is 18.0 Å². The maximum atomic E-state index is 14.0. The molecule has 4 rings (SSSR count). The Bertz CT molecular complexity index is 1390. The number of benzene rings is 2. The highest BCUT2D eigenvalue weighted by atomic mass is 19.1. The van der Waals surface area contributed by atoms with Crippen molar-refractivity contribution in [2.75, 3.05) is 20.2 Å². The molecule has 206 valence electrons. The zero-order valence-corrected chi connectivity index (χ0v) is 21.9. The number of para-hydroxylation sites is 1. The Morgan fingerprint density at radius 1 is 1.03 bits per heavy atom. The lowest BCUT2D eigenvalue weighted by atomic mass is 10.0. The number of nitrogens with zero attached hydrogens (tertiary/aromatic N) is 2. The van der Waals surface area contributed by atoms with E-state index in [-0.39, 0.29) is 29.1 Å². The van der Waals surface area contributed by atoms with Crippen LogP contribution in [-0.2, 0) is 9.47 Å². The van der Waals surface area contributed by atoms with Crippen LogP contribution in [0.25, 0.3) is 11.1 Å². The van der Waals surface area contributed by atoms with Crippen molar-refractivity contribution in [2.45, 2.75) is 38.8 Å². The third-order valence-corrected chi connectivity index (χ3v) is 6.14. The van der Waals surface area contributed by atoms with Gasteiger partial charge in [0.15, 0.2) is 17.4 Å². The average Bonchev–Trinajstić information content (AvgIpc) is 3.51. The predicted molar refractivity (Wildman–Crippen MR) is 136 cm³/mol. The summed E-state index contributed by atoms with van der Waals surface area (Å²) >= 11 is 0. The third-order valence-electron chi connectivity index (χ3n) is 6.14. The largest absolute Gasteiger partial charge is 0.477 e. The Balaban J connectivity index is 1.69. The molecule has 2 heterocycles. The van der Waals surface area contributed by atoms with E-state index >= 15 is 0 Å². The van der Waals surface area contributed by atoms with E-state index in [9.17, 15) is 28.3 Å². The summed E-state index contributed by atoms with van der Waals surface area (Å²) in [7, 11) is 1.15. The number of hydrogen-bond acceptors (Lipinski definition) is 6. The van der Waals surface area contributed by atoms with Gasteiger partial charge >= 0.3 is 18.0 Å². The zero-order chi connectivity index (χ0) is 28.5. The van der Waals surface area contributed by atoms with Gasteiger partial charge in [-0.25, -0.2) is 23.2 Å². The number of hydrogen-bond donors (Lipinski definition) is 1. The molecule has 9 nitrogen and oxygen atoms in total. The minimum absolute atomic E-state index is 0.129. The van der Waals surface area contributed by atoms with Gasteiger partial charge in [0.25, 0.3) is 0 Å². The van der Waals surface area contributed by atoms with Crippen LogP contribution >= 0.6 is 0 Å². The van der Waals surface area contributed by atoms with Gasteiger partial charge in [0.05, 0.1) is 13.2 Å². The van der Waals surface area contributed by atoms with Crippen molar-refractivity contribution in [1.29, 1.82) is 0 Å². The van der Waals surface area contributed by atoms with Gasteiger partial charge in [-0.1, -0.05) is 18.2 Å². The lowest BCUT2D eigenvalue weighted by Crippen LogP contribution is -2.35. The maximum absolute atomic E-state index is 14.0. The van der Waals surface area contributed by atoms with Crippen molar-refractivity contribution < 1.29 is 42.5 Å². The number of halogens is 2. The molecule has 0 unspecified atom stereocenters. The van der Waals surface area contributed by atoms with Crippen LogP contribution in [0.1, 0.15) is 54.1 Å². The first-order valence-electron chi connectivity index (χ1n) is 12.2. The number of carboxylic acids is 1. The fourth-order valence-corrected chi connectivity index (χ4v) is 4.42. The van der Waals surface area contributed by atoms with Crippen molar-refractivity contribution in [2.24, 2.45) is 0 Å². The number of esters is 1. The summed E-state index contributed by atoms with van der Waals surface area (Å²) in [4.78, 5) is 39.2. The molecule has 1 N–H and O–H groups in total. The number of carbonyl (C=O) groups is 3. The molecule has 0 spiro atoms. The normalized spacial score (nSPS) is 15.2. The Morgan fingerprint density at radius 2 is 1.67 bits per heavy atom. The molecule has 2 aromatic carbocycles. The van der Waals surface area contributed by atoms with Crippen LogP contribution in [0.3, 0.4) is 0 Å². The quantitative estimate of drug-likeness (QED) is 0.387. The van der Waals surface area contributed by atoms with E-state index < -0.39 is 47.1 Å². The fourth-order valence-electron chi connectivity index (χ4n) is 4.42. The Labute approximate surface area is 223 Å². The van der Waals surface area contributed by atoms with E-state index in [1.165, 1.54) is 46.0 Å². The smallest absolute Gasteiger partial charge is 0.410 e. The van der Waals surface area contributed by atoms with Crippen molar-refractivity contribution in [3.05, 3.63) is 71.6 Å². The van der Waals surface area contributed by atoms with Gasteiger partial charge in [-0.3, -0.25) is 0 Å².